The van der Waals surface area contributed by atoms with Gasteiger partial charge in [0, 0.05) is 38.3 Å². The van der Waals surface area contributed by atoms with Crippen LogP contribution in [0.1, 0.15) is 48.2 Å². The quantitative estimate of drug-likeness (QED) is 0.807. The number of halogens is 3. The third-order valence-corrected chi connectivity index (χ3v) is 6.50. The minimum atomic E-state index is -4.29. The lowest BCUT2D eigenvalue weighted by molar-refractivity contribution is -0.137. The molecule has 156 valence electrons. The molecule has 0 aliphatic carbocycles. The zero-order valence-electron chi connectivity index (χ0n) is 16.9. The molecule has 2 aliphatic heterocycles. The topological polar surface area (TPSA) is 18.5 Å². The number of fused-ring (bicyclic) bond motifs is 1. The Bertz CT molecular complexity index is 834. The monoisotopic (exact) mass is 403 g/mol. The highest BCUT2D eigenvalue weighted by atomic mass is 19.4. The van der Waals surface area contributed by atoms with Crippen LogP contribution in [-0.4, -0.2) is 42.1 Å². The number of nitrogens with one attached hydrogen (secondary N) is 1. The third kappa shape index (κ3) is 4.20. The Kier molecular flexibility index (Phi) is 5.69. The van der Waals surface area contributed by atoms with Crippen molar-refractivity contribution >= 4 is 0 Å². The van der Waals surface area contributed by atoms with Gasteiger partial charge in [-0.05, 0) is 49.1 Å². The minimum Gasteiger partial charge on any atom is -0.308 e. The second-order valence-electron chi connectivity index (χ2n) is 8.12. The zero-order valence-corrected chi connectivity index (χ0v) is 16.9. The van der Waals surface area contributed by atoms with Crippen molar-refractivity contribution in [3.63, 3.8) is 0 Å². The summed E-state index contributed by atoms with van der Waals surface area (Å²) in [5.74, 6) is 0. The molecule has 1 fully saturated rings. The van der Waals surface area contributed by atoms with Gasteiger partial charge < -0.3 is 5.32 Å². The van der Waals surface area contributed by atoms with E-state index in [1.165, 1.54) is 23.3 Å². The summed E-state index contributed by atoms with van der Waals surface area (Å²) in [4.78, 5) is 4.99. The number of alkyl halides is 3. The van der Waals surface area contributed by atoms with Crippen molar-refractivity contribution in [2.45, 2.75) is 44.7 Å². The van der Waals surface area contributed by atoms with Gasteiger partial charge in [0.05, 0.1) is 11.7 Å². The molecule has 2 aliphatic rings. The lowest BCUT2D eigenvalue weighted by Crippen LogP contribution is -2.56. The summed E-state index contributed by atoms with van der Waals surface area (Å²) in [7, 11) is 0. The highest BCUT2D eigenvalue weighted by Crippen LogP contribution is 2.33. The first-order valence-corrected chi connectivity index (χ1v) is 10.3. The van der Waals surface area contributed by atoms with Crippen LogP contribution in [0.4, 0.5) is 13.2 Å². The minimum absolute atomic E-state index is 0.0425. The van der Waals surface area contributed by atoms with E-state index in [2.05, 4.69) is 53.2 Å². The van der Waals surface area contributed by atoms with Gasteiger partial charge in [0.1, 0.15) is 0 Å². The number of nitrogens with zero attached hydrogens (tertiary/aromatic N) is 2. The van der Waals surface area contributed by atoms with Gasteiger partial charge >= 0.3 is 6.18 Å². The molecular weight excluding hydrogens is 375 g/mol. The lowest BCUT2D eigenvalue weighted by Gasteiger charge is -2.46. The molecule has 3 nitrogen and oxygen atoms in total. The van der Waals surface area contributed by atoms with Crippen LogP contribution in [0.3, 0.4) is 0 Å². The molecule has 3 atom stereocenters. The molecule has 29 heavy (non-hydrogen) atoms. The molecule has 2 heterocycles. The van der Waals surface area contributed by atoms with Crippen LogP contribution >= 0.6 is 0 Å². The van der Waals surface area contributed by atoms with Crippen molar-refractivity contribution in [2.24, 2.45) is 0 Å². The van der Waals surface area contributed by atoms with Crippen LogP contribution in [0.15, 0.2) is 48.5 Å². The Labute approximate surface area is 170 Å². The number of piperazine rings is 1. The standard InChI is InChI=1S/C23H28F3N3/c1-16-21-6-4-3-5-18(21)11-13-29(16)17(2)28-14-12-27-22(15-28)19-7-9-20(10-8-19)23(24,25)26/h3-10,16-17,22,27H,11-15H2,1-2H3. The summed E-state index contributed by atoms with van der Waals surface area (Å²) in [5, 5.41) is 3.47. The van der Waals surface area contributed by atoms with Crippen LogP contribution in [0.2, 0.25) is 0 Å². The van der Waals surface area contributed by atoms with Crippen LogP contribution in [0, 0.1) is 0 Å². The van der Waals surface area contributed by atoms with Crippen molar-refractivity contribution in [2.75, 3.05) is 26.2 Å². The maximum atomic E-state index is 12.8. The Morgan fingerprint density at radius 3 is 2.48 bits per heavy atom. The fraction of sp³-hybridized carbons (Fsp3) is 0.478. The first-order valence-electron chi connectivity index (χ1n) is 10.3. The molecule has 4 rings (SSSR count). The molecule has 2 aromatic rings. The SMILES string of the molecule is CC1c2ccccc2CCN1C(C)N1CCNC(c2ccc(C(F)(F)F)cc2)C1. The van der Waals surface area contributed by atoms with E-state index in [0.29, 0.717) is 6.04 Å². The maximum Gasteiger partial charge on any atom is 0.416 e. The number of hydrogen-bond acceptors (Lipinski definition) is 3. The van der Waals surface area contributed by atoms with Crippen LogP contribution in [0.25, 0.3) is 0 Å². The van der Waals surface area contributed by atoms with E-state index in [1.807, 2.05) is 0 Å². The molecule has 3 unspecified atom stereocenters. The molecule has 0 radical (unpaired) electrons. The second kappa shape index (κ2) is 8.09. The van der Waals surface area contributed by atoms with Gasteiger partial charge in [0.2, 0.25) is 0 Å². The van der Waals surface area contributed by atoms with Crippen molar-refractivity contribution < 1.29 is 13.2 Å². The van der Waals surface area contributed by atoms with Gasteiger partial charge in [0.25, 0.3) is 0 Å². The van der Waals surface area contributed by atoms with Crippen molar-refractivity contribution in [1.29, 1.82) is 0 Å². The fourth-order valence-corrected chi connectivity index (χ4v) is 4.75. The summed E-state index contributed by atoms with van der Waals surface area (Å²) in [6.45, 7) is 8.09. The van der Waals surface area contributed by atoms with E-state index < -0.39 is 11.7 Å². The summed E-state index contributed by atoms with van der Waals surface area (Å²) in [5.41, 5.74) is 3.15. The molecule has 0 spiro atoms. The van der Waals surface area contributed by atoms with E-state index in [-0.39, 0.29) is 12.2 Å². The second-order valence-corrected chi connectivity index (χ2v) is 8.12. The zero-order chi connectivity index (χ0) is 20.6. The van der Waals surface area contributed by atoms with Crippen LogP contribution in [0.5, 0.6) is 0 Å². The Morgan fingerprint density at radius 1 is 1.03 bits per heavy atom. The van der Waals surface area contributed by atoms with Gasteiger partial charge in [-0.15, -0.1) is 0 Å². The lowest BCUT2D eigenvalue weighted by atomic mass is 9.93. The maximum absolute atomic E-state index is 12.8. The number of benzene rings is 2. The highest BCUT2D eigenvalue weighted by Gasteiger charge is 2.33. The van der Waals surface area contributed by atoms with Crippen LogP contribution in [-0.2, 0) is 12.6 Å². The van der Waals surface area contributed by atoms with Gasteiger partial charge in [-0.1, -0.05) is 36.4 Å². The fourth-order valence-electron chi connectivity index (χ4n) is 4.75. The van der Waals surface area contributed by atoms with Gasteiger partial charge in [-0.2, -0.15) is 13.2 Å². The number of hydrogen-bond donors (Lipinski definition) is 1. The average molecular weight is 403 g/mol. The predicted molar refractivity (Wildman–Crippen MR) is 108 cm³/mol. The molecule has 1 saturated heterocycles. The first-order chi connectivity index (χ1) is 13.8. The smallest absolute Gasteiger partial charge is 0.308 e. The summed E-state index contributed by atoms with van der Waals surface area (Å²) in [6.07, 6.45) is -2.96. The molecule has 1 N–H and O–H groups in total. The van der Waals surface area contributed by atoms with E-state index >= 15 is 0 Å². The first kappa shape index (κ1) is 20.4. The highest BCUT2D eigenvalue weighted by molar-refractivity contribution is 5.32. The Balaban J connectivity index is 1.46. The van der Waals surface area contributed by atoms with Crippen molar-refractivity contribution in [3.05, 3.63) is 70.8 Å². The normalized spacial score (nSPS) is 24.9. The van der Waals surface area contributed by atoms with Crippen molar-refractivity contribution in [3.8, 4) is 0 Å². The molecule has 0 bridgehead atoms. The van der Waals surface area contributed by atoms with Gasteiger partial charge in [-0.25, -0.2) is 0 Å². The molecule has 0 aromatic heterocycles. The van der Waals surface area contributed by atoms with Crippen LogP contribution < -0.4 is 5.32 Å². The van der Waals surface area contributed by atoms with E-state index in [4.69, 9.17) is 0 Å². The van der Waals surface area contributed by atoms with Gasteiger partial charge in [0.15, 0.2) is 0 Å². The van der Waals surface area contributed by atoms with E-state index in [0.717, 1.165) is 38.2 Å². The summed E-state index contributed by atoms with van der Waals surface area (Å²) in [6, 6.07) is 14.6. The third-order valence-electron chi connectivity index (χ3n) is 6.50. The molecule has 2 aromatic carbocycles. The van der Waals surface area contributed by atoms with Crippen molar-refractivity contribution in [1.82, 2.24) is 15.1 Å². The Hall–Kier alpha value is -1.89. The van der Waals surface area contributed by atoms with Gasteiger partial charge in [-0.3, -0.25) is 9.80 Å². The van der Waals surface area contributed by atoms with E-state index in [9.17, 15) is 13.2 Å². The summed E-state index contributed by atoms with van der Waals surface area (Å²) < 4.78 is 38.5. The number of rotatable bonds is 3. The molecule has 0 saturated carbocycles. The van der Waals surface area contributed by atoms with E-state index in [1.54, 1.807) is 12.1 Å². The Morgan fingerprint density at radius 2 is 1.76 bits per heavy atom. The molecular formula is C23H28F3N3. The average Bonchev–Trinajstić information content (AvgIpc) is 2.73. The molecule has 6 heteroatoms. The largest absolute Gasteiger partial charge is 0.416 e. The predicted octanol–water partition coefficient (Wildman–Crippen LogP) is 4.62. The summed E-state index contributed by atoms with van der Waals surface area (Å²) >= 11 is 0. The molecule has 0 amide bonds.